The van der Waals surface area contributed by atoms with Crippen molar-refractivity contribution in [1.29, 1.82) is 0 Å². The Morgan fingerprint density at radius 1 is 1.14 bits per heavy atom. The normalized spacial score (nSPS) is 18.3. The van der Waals surface area contributed by atoms with Crippen molar-refractivity contribution in [3.63, 3.8) is 0 Å². The van der Waals surface area contributed by atoms with Crippen LogP contribution in [0, 0.1) is 12.8 Å². The molecule has 1 aliphatic rings. The molecule has 1 aliphatic heterocycles. The van der Waals surface area contributed by atoms with Crippen molar-refractivity contribution in [3.05, 3.63) is 66.0 Å². The molecule has 1 aromatic heterocycles. The monoisotopic (exact) mass is 413 g/mol. The Morgan fingerprint density at radius 2 is 1.83 bits per heavy atom. The van der Waals surface area contributed by atoms with Gasteiger partial charge in [-0.1, -0.05) is 47.7 Å². The zero-order valence-electron chi connectivity index (χ0n) is 16.1. The molecule has 0 spiro atoms. The number of aliphatic hydroxyl groups excluding tert-OH is 1. The van der Waals surface area contributed by atoms with Gasteiger partial charge in [-0.2, -0.15) is 0 Å². The first-order valence-electron chi connectivity index (χ1n) is 9.38. The van der Waals surface area contributed by atoms with Crippen molar-refractivity contribution in [3.8, 4) is 16.8 Å². The van der Waals surface area contributed by atoms with Crippen LogP contribution in [0.5, 0.6) is 0 Å². The van der Waals surface area contributed by atoms with Gasteiger partial charge in [-0.05, 0) is 30.2 Å². The van der Waals surface area contributed by atoms with Crippen LogP contribution in [-0.2, 0) is 0 Å². The zero-order chi connectivity index (χ0) is 19.5. The lowest BCUT2D eigenvalue weighted by Crippen LogP contribution is -2.34. The predicted octanol–water partition coefficient (Wildman–Crippen LogP) is 1.97. The molecule has 1 saturated heterocycles. The number of benzene rings is 2. The molecule has 1 fully saturated rings. The highest BCUT2D eigenvalue weighted by atomic mass is 35.5. The fourth-order valence-electron chi connectivity index (χ4n) is 3.44. The fourth-order valence-corrected chi connectivity index (χ4v) is 3.44. The summed E-state index contributed by atoms with van der Waals surface area (Å²) in [6, 6.07) is 18.1. The molecule has 7 nitrogen and oxygen atoms in total. The van der Waals surface area contributed by atoms with Crippen molar-refractivity contribution >= 4 is 18.3 Å². The van der Waals surface area contributed by atoms with Crippen LogP contribution < -0.4 is 10.6 Å². The molecule has 8 heteroatoms. The average molecular weight is 414 g/mol. The summed E-state index contributed by atoms with van der Waals surface area (Å²) in [7, 11) is 0. The second-order valence-electron chi connectivity index (χ2n) is 7.04. The summed E-state index contributed by atoms with van der Waals surface area (Å²) in [4.78, 5) is 12.5. The summed E-state index contributed by atoms with van der Waals surface area (Å²) >= 11 is 0. The van der Waals surface area contributed by atoms with E-state index in [1.54, 1.807) is 4.68 Å². The highest BCUT2D eigenvalue weighted by molar-refractivity contribution is 5.93. The maximum absolute atomic E-state index is 12.5. The Kier molecular flexibility index (Phi) is 6.64. The number of amides is 1. The molecule has 3 aromatic rings. The first-order chi connectivity index (χ1) is 13.6. The van der Waals surface area contributed by atoms with Crippen molar-refractivity contribution in [2.75, 3.05) is 19.6 Å². The van der Waals surface area contributed by atoms with Gasteiger partial charge in [-0.3, -0.25) is 4.79 Å². The largest absolute Gasteiger partial charge is 0.391 e. The number of hydrogen-bond donors (Lipinski definition) is 3. The van der Waals surface area contributed by atoms with Gasteiger partial charge >= 0.3 is 0 Å². The standard InChI is InChI=1S/C21H23N5O2.ClH/c1-14-20(21(28)23-12-17-11-22-13-19(17)27)24-25-26(14)18-9-7-16(8-10-18)15-5-3-2-4-6-15;/h2-10,17,19,22,27H,11-13H2,1H3,(H,23,28);1H. The maximum Gasteiger partial charge on any atom is 0.273 e. The fraction of sp³-hybridized carbons (Fsp3) is 0.286. The minimum Gasteiger partial charge on any atom is -0.391 e. The number of hydrogen-bond acceptors (Lipinski definition) is 5. The number of carbonyl (C=O) groups is 1. The van der Waals surface area contributed by atoms with E-state index in [-0.39, 0.29) is 24.2 Å². The van der Waals surface area contributed by atoms with Gasteiger partial charge in [0.1, 0.15) is 0 Å². The molecule has 0 saturated carbocycles. The molecule has 2 heterocycles. The number of aromatic nitrogens is 3. The molecule has 2 aromatic carbocycles. The molecule has 152 valence electrons. The molecule has 1 amide bonds. The Labute approximate surface area is 175 Å². The van der Waals surface area contributed by atoms with Gasteiger partial charge in [0.25, 0.3) is 5.91 Å². The van der Waals surface area contributed by atoms with E-state index in [1.807, 2.05) is 49.4 Å². The van der Waals surface area contributed by atoms with Crippen molar-refractivity contribution in [1.82, 2.24) is 25.6 Å². The summed E-state index contributed by atoms with van der Waals surface area (Å²) in [5.41, 5.74) is 4.08. The van der Waals surface area contributed by atoms with E-state index in [1.165, 1.54) is 0 Å². The van der Waals surface area contributed by atoms with E-state index in [9.17, 15) is 9.90 Å². The summed E-state index contributed by atoms with van der Waals surface area (Å²) in [6.45, 7) is 3.49. The Balaban J connectivity index is 0.00000240. The van der Waals surface area contributed by atoms with Gasteiger partial charge in [0.2, 0.25) is 0 Å². The van der Waals surface area contributed by atoms with Gasteiger partial charge in [0, 0.05) is 25.6 Å². The van der Waals surface area contributed by atoms with Crippen LogP contribution in [0.1, 0.15) is 16.2 Å². The number of carbonyl (C=O) groups excluding carboxylic acids is 1. The van der Waals surface area contributed by atoms with Crippen LogP contribution in [0.25, 0.3) is 16.8 Å². The lowest BCUT2D eigenvalue weighted by atomic mass is 10.1. The van der Waals surface area contributed by atoms with E-state index in [0.717, 1.165) is 16.8 Å². The predicted molar refractivity (Wildman–Crippen MR) is 113 cm³/mol. The molecule has 4 rings (SSSR count). The van der Waals surface area contributed by atoms with Gasteiger partial charge in [-0.25, -0.2) is 4.68 Å². The average Bonchev–Trinajstić information content (AvgIpc) is 3.32. The summed E-state index contributed by atoms with van der Waals surface area (Å²) < 4.78 is 1.66. The molecule has 2 unspecified atom stereocenters. The number of halogens is 1. The van der Waals surface area contributed by atoms with Crippen molar-refractivity contribution in [2.45, 2.75) is 13.0 Å². The van der Waals surface area contributed by atoms with Crippen LogP contribution in [0.4, 0.5) is 0 Å². The number of nitrogens with zero attached hydrogens (tertiary/aromatic N) is 3. The molecular formula is C21H24ClN5O2. The molecule has 0 radical (unpaired) electrons. The highest BCUT2D eigenvalue weighted by Crippen LogP contribution is 2.21. The van der Waals surface area contributed by atoms with Crippen LogP contribution in [0.15, 0.2) is 54.6 Å². The smallest absolute Gasteiger partial charge is 0.273 e. The Morgan fingerprint density at radius 3 is 2.48 bits per heavy atom. The van der Waals surface area contributed by atoms with Gasteiger partial charge < -0.3 is 15.7 Å². The van der Waals surface area contributed by atoms with E-state index < -0.39 is 6.10 Å². The first-order valence-corrected chi connectivity index (χ1v) is 9.38. The van der Waals surface area contributed by atoms with Crippen LogP contribution >= 0.6 is 12.4 Å². The van der Waals surface area contributed by atoms with E-state index in [2.05, 4.69) is 33.1 Å². The SMILES string of the molecule is Cc1c(C(=O)NCC2CNCC2O)nnn1-c1ccc(-c2ccccc2)cc1.Cl. The van der Waals surface area contributed by atoms with Crippen molar-refractivity contribution in [2.24, 2.45) is 5.92 Å². The summed E-state index contributed by atoms with van der Waals surface area (Å²) in [5.74, 6) is -0.256. The number of rotatable bonds is 5. The minimum absolute atomic E-state index is 0. The third-order valence-corrected chi connectivity index (χ3v) is 5.16. The lowest BCUT2D eigenvalue weighted by molar-refractivity contribution is 0.0921. The van der Waals surface area contributed by atoms with Crippen LogP contribution in [-0.4, -0.2) is 51.7 Å². The topological polar surface area (TPSA) is 92.1 Å². The summed E-state index contributed by atoms with van der Waals surface area (Å²) in [6.07, 6.45) is -0.430. The van der Waals surface area contributed by atoms with E-state index in [4.69, 9.17) is 0 Å². The third kappa shape index (κ3) is 4.48. The minimum atomic E-state index is -0.430. The quantitative estimate of drug-likeness (QED) is 0.594. The van der Waals surface area contributed by atoms with Crippen LogP contribution in [0.3, 0.4) is 0 Å². The lowest BCUT2D eigenvalue weighted by Gasteiger charge is -2.13. The third-order valence-electron chi connectivity index (χ3n) is 5.16. The Bertz CT molecular complexity index is 959. The summed E-state index contributed by atoms with van der Waals surface area (Å²) in [5, 5.41) is 24.0. The second kappa shape index (κ2) is 9.17. The molecule has 0 aliphatic carbocycles. The number of aliphatic hydroxyl groups is 1. The second-order valence-corrected chi connectivity index (χ2v) is 7.04. The van der Waals surface area contributed by atoms with Gasteiger partial charge in [0.15, 0.2) is 5.69 Å². The molecule has 3 N–H and O–H groups in total. The molecule has 0 bridgehead atoms. The first kappa shape index (κ1) is 21.0. The van der Waals surface area contributed by atoms with Crippen molar-refractivity contribution < 1.29 is 9.90 Å². The molecular weight excluding hydrogens is 390 g/mol. The zero-order valence-corrected chi connectivity index (χ0v) is 16.9. The number of β-amino-alcohol motifs (C(OH)–C–C–N with tert-alkyl or cyclic N) is 1. The van der Waals surface area contributed by atoms with Gasteiger partial charge in [-0.15, -0.1) is 17.5 Å². The van der Waals surface area contributed by atoms with Crippen LogP contribution in [0.2, 0.25) is 0 Å². The molecule has 2 atom stereocenters. The van der Waals surface area contributed by atoms with E-state index >= 15 is 0 Å². The maximum atomic E-state index is 12.5. The Hall–Kier alpha value is -2.74. The van der Waals surface area contributed by atoms with Gasteiger partial charge in [0.05, 0.1) is 17.5 Å². The molecule has 29 heavy (non-hydrogen) atoms. The van der Waals surface area contributed by atoms with E-state index in [0.29, 0.717) is 31.0 Å². The number of nitrogens with one attached hydrogen (secondary N) is 2. The highest BCUT2D eigenvalue weighted by Gasteiger charge is 2.26.